The van der Waals surface area contributed by atoms with E-state index in [0.717, 1.165) is 44.9 Å². The Morgan fingerprint density at radius 3 is 1.24 bits per heavy atom. The highest BCUT2D eigenvalue weighted by Gasteiger charge is 2.23. The van der Waals surface area contributed by atoms with Crippen molar-refractivity contribution in [1.29, 1.82) is 0 Å². The fraction of sp³-hybridized carbons (Fsp3) is 0.893. The molecule has 0 aromatic heterocycles. The van der Waals surface area contributed by atoms with Gasteiger partial charge in [0.25, 0.3) is 0 Å². The van der Waals surface area contributed by atoms with E-state index >= 15 is 0 Å². The van der Waals surface area contributed by atoms with Crippen LogP contribution in [0.4, 0.5) is 0 Å². The molecule has 0 bridgehead atoms. The highest BCUT2D eigenvalue weighted by molar-refractivity contribution is 7.47. The molecule has 2 atom stereocenters. The van der Waals surface area contributed by atoms with E-state index in [1.807, 2.05) is 0 Å². The maximum absolute atomic E-state index is 12.2. The first-order valence-corrected chi connectivity index (χ1v) is 29.8. The van der Waals surface area contributed by atoms with E-state index in [0.29, 0.717) is 6.42 Å². The Labute approximate surface area is 408 Å². The van der Waals surface area contributed by atoms with Gasteiger partial charge in [-0.25, -0.2) is 4.57 Å². The summed E-state index contributed by atoms with van der Waals surface area (Å²) in [6, 6.07) is 0. The van der Waals surface area contributed by atoms with E-state index in [9.17, 15) is 24.2 Å². The van der Waals surface area contributed by atoms with Gasteiger partial charge in [-0.3, -0.25) is 18.6 Å². The Morgan fingerprint density at radius 1 is 0.470 bits per heavy atom. The molecule has 66 heavy (non-hydrogen) atoms. The second kappa shape index (κ2) is 52.9. The van der Waals surface area contributed by atoms with Crippen LogP contribution in [0.5, 0.6) is 0 Å². The third-order valence-corrected chi connectivity index (χ3v) is 13.6. The van der Waals surface area contributed by atoms with Gasteiger partial charge >= 0.3 is 13.8 Å². The Balaban J connectivity index is 3.50. The van der Waals surface area contributed by atoms with E-state index in [1.165, 1.54) is 218 Å². The first-order chi connectivity index (χ1) is 32.3. The Kier molecular flexibility index (Phi) is 51.6. The van der Waals surface area contributed by atoms with Crippen LogP contribution in [0.3, 0.4) is 0 Å². The Bertz CT molecular complexity index is 1130. The number of aliphatic hydroxyl groups is 1. The summed E-state index contributed by atoms with van der Waals surface area (Å²) in [4.78, 5) is 34.2. The second-order valence-corrected chi connectivity index (χ2v) is 20.7. The highest BCUT2D eigenvalue weighted by Crippen LogP contribution is 2.42. The van der Waals surface area contributed by atoms with Crippen molar-refractivity contribution in [2.45, 2.75) is 296 Å². The molecule has 0 aliphatic heterocycles. The summed E-state index contributed by atoms with van der Waals surface area (Å²) in [6.07, 6.45) is 61.3. The van der Waals surface area contributed by atoms with Crippen molar-refractivity contribution in [3.05, 3.63) is 24.3 Å². The molecule has 10 heteroatoms. The molecule has 0 radical (unpaired) electrons. The van der Waals surface area contributed by atoms with Gasteiger partial charge in [0.2, 0.25) is 5.91 Å². The van der Waals surface area contributed by atoms with Crippen LogP contribution < -0.4 is 5.32 Å². The molecular weight excluding hydrogens is 846 g/mol. The van der Waals surface area contributed by atoms with Crippen LogP contribution in [0.25, 0.3) is 0 Å². The molecule has 0 aromatic rings. The molecule has 0 aromatic carbocycles. The number of unbranched alkanes of at least 4 members (excludes halogenated alkanes) is 37. The summed E-state index contributed by atoms with van der Waals surface area (Å²) in [5, 5.41) is 12.8. The van der Waals surface area contributed by atoms with Crippen LogP contribution in [-0.2, 0) is 27.9 Å². The summed E-state index contributed by atoms with van der Waals surface area (Å²) in [5.74, 6) is -0.502. The fourth-order valence-electron chi connectivity index (χ4n) is 8.36. The number of hydrogen-bond donors (Lipinski definition) is 3. The van der Waals surface area contributed by atoms with E-state index in [4.69, 9.17) is 13.8 Å². The summed E-state index contributed by atoms with van der Waals surface area (Å²) in [5.41, 5.74) is 0. The monoisotopic (exact) mass is 954 g/mol. The molecule has 0 saturated carbocycles. The number of ether oxygens (including phenoxy) is 1. The number of carbonyl (C=O) groups excluding carboxylic acids is 2. The average Bonchev–Trinajstić information content (AvgIpc) is 3.31. The molecule has 0 fully saturated rings. The van der Waals surface area contributed by atoms with Crippen molar-refractivity contribution in [3.63, 3.8) is 0 Å². The van der Waals surface area contributed by atoms with Gasteiger partial charge in [-0.2, -0.15) is 0 Å². The number of allylic oxidation sites excluding steroid dienone is 4. The minimum Gasteiger partial charge on any atom is -0.463 e. The van der Waals surface area contributed by atoms with Gasteiger partial charge in [-0.1, -0.05) is 256 Å². The number of esters is 1. The van der Waals surface area contributed by atoms with Crippen molar-refractivity contribution in [2.24, 2.45) is 0 Å². The first kappa shape index (κ1) is 64.5. The smallest absolute Gasteiger partial charge is 0.463 e. The van der Waals surface area contributed by atoms with Crippen LogP contribution in [-0.4, -0.2) is 54.3 Å². The lowest BCUT2D eigenvalue weighted by atomic mass is 10.0. The van der Waals surface area contributed by atoms with Gasteiger partial charge in [-0.15, -0.1) is 0 Å². The van der Waals surface area contributed by atoms with Crippen molar-refractivity contribution < 1.29 is 37.9 Å². The molecule has 390 valence electrons. The van der Waals surface area contributed by atoms with Crippen molar-refractivity contribution in [2.75, 3.05) is 26.4 Å². The van der Waals surface area contributed by atoms with Gasteiger partial charge in [0.15, 0.2) is 0 Å². The number of hydrogen-bond acceptors (Lipinski definition) is 7. The molecule has 3 N–H and O–H groups in total. The van der Waals surface area contributed by atoms with E-state index < -0.39 is 26.5 Å². The van der Waals surface area contributed by atoms with Crippen LogP contribution >= 0.6 is 7.82 Å². The minimum atomic E-state index is -4.42. The van der Waals surface area contributed by atoms with Crippen LogP contribution in [0.15, 0.2) is 24.3 Å². The molecule has 0 rings (SSSR count). The lowest BCUT2D eigenvalue weighted by Gasteiger charge is -2.15. The number of aliphatic hydroxyl groups excluding tert-OH is 1. The summed E-state index contributed by atoms with van der Waals surface area (Å²) in [6.45, 7) is 3.60. The zero-order valence-electron chi connectivity index (χ0n) is 43.4. The predicted octanol–water partition coefficient (Wildman–Crippen LogP) is 17.1. The Morgan fingerprint density at radius 2 is 0.818 bits per heavy atom. The number of phosphoric ester groups is 1. The van der Waals surface area contributed by atoms with Crippen molar-refractivity contribution in [1.82, 2.24) is 5.32 Å². The van der Waals surface area contributed by atoms with Crippen LogP contribution in [0.2, 0.25) is 0 Å². The number of amides is 1. The lowest BCUT2D eigenvalue weighted by molar-refractivity contribution is -0.147. The third kappa shape index (κ3) is 53.4. The summed E-state index contributed by atoms with van der Waals surface area (Å²) >= 11 is 0. The molecule has 1 amide bonds. The van der Waals surface area contributed by atoms with Crippen molar-refractivity contribution >= 4 is 19.7 Å². The SMILES string of the molecule is CCCCC/C=C\C/C=C\CCCCCCCCCCCCCCCC(=O)OCC(O)COP(=O)(O)OCCNC(=O)CCCCCCCCCCCCCCCCCCCCCCCC. The topological polar surface area (TPSA) is 131 Å². The summed E-state index contributed by atoms with van der Waals surface area (Å²) in [7, 11) is -4.42. The molecule has 9 nitrogen and oxygen atoms in total. The zero-order chi connectivity index (χ0) is 48.1. The molecule has 0 aliphatic carbocycles. The van der Waals surface area contributed by atoms with Gasteiger partial charge in [0.05, 0.1) is 13.2 Å². The van der Waals surface area contributed by atoms with Crippen molar-refractivity contribution in [3.8, 4) is 0 Å². The maximum Gasteiger partial charge on any atom is 0.472 e. The van der Waals surface area contributed by atoms with Gasteiger partial charge in [0.1, 0.15) is 12.7 Å². The quantitative estimate of drug-likeness (QED) is 0.0238. The molecule has 0 spiro atoms. The van der Waals surface area contributed by atoms with Crippen LogP contribution in [0, 0.1) is 0 Å². The maximum atomic E-state index is 12.2. The lowest BCUT2D eigenvalue weighted by Crippen LogP contribution is -2.27. The zero-order valence-corrected chi connectivity index (χ0v) is 44.3. The number of carbonyl (C=O) groups is 2. The van der Waals surface area contributed by atoms with Gasteiger partial charge in [-0.05, 0) is 44.9 Å². The number of rotatable bonds is 54. The standard InChI is InChI=1S/C56H108NO8P/c1-3-5-7-9-11-13-15-17-19-21-23-25-27-29-31-33-35-37-39-41-43-45-47-49-56(60)63-52-54(58)53-65-66(61,62)64-51-50-57-55(59)48-46-44-42-40-38-36-34-32-30-28-26-24-22-20-18-16-14-12-10-8-6-4-2/h11,13,17,19,54,58H,3-10,12,14-16,18,20-53H2,1-2H3,(H,57,59)(H,61,62)/b13-11-,19-17-. The highest BCUT2D eigenvalue weighted by atomic mass is 31.2. The van der Waals surface area contributed by atoms with Gasteiger partial charge in [0, 0.05) is 19.4 Å². The first-order valence-electron chi connectivity index (χ1n) is 28.3. The normalized spacial score (nSPS) is 13.2. The van der Waals surface area contributed by atoms with E-state index in [2.05, 4.69) is 43.5 Å². The Hall–Kier alpha value is -1.51. The second-order valence-electron chi connectivity index (χ2n) is 19.3. The van der Waals surface area contributed by atoms with Gasteiger partial charge < -0.3 is 20.1 Å². The predicted molar refractivity (Wildman–Crippen MR) is 280 cm³/mol. The fourth-order valence-corrected chi connectivity index (χ4v) is 9.11. The minimum absolute atomic E-state index is 0.0865. The molecule has 2 unspecified atom stereocenters. The molecular formula is C56H108NO8P. The van der Waals surface area contributed by atoms with Crippen LogP contribution in [0.1, 0.15) is 290 Å². The average molecular weight is 954 g/mol. The number of nitrogens with one attached hydrogen (secondary N) is 1. The summed E-state index contributed by atoms with van der Waals surface area (Å²) < 4.78 is 27.1. The van der Waals surface area contributed by atoms with E-state index in [-0.39, 0.29) is 32.1 Å². The molecule has 0 aliphatic rings. The van der Waals surface area contributed by atoms with E-state index in [1.54, 1.807) is 0 Å². The molecule has 0 saturated heterocycles. The molecule has 0 heterocycles. The number of phosphoric acid groups is 1. The third-order valence-electron chi connectivity index (χ3n) is 12.6. The largest absolute Gasteiger partial charge is 0.472 e.